The molecule has 1 N–H and O–H groups in total. The van der Waals surface area contributed by atoms with E-state index in [1.54, 1.807) is 23.3 Å². The number of aryl methyl sites for hydroxylation is 2. The number of aromatic nitrogens is 4. The van der Waals surface area contributed by atoms with Crippen molar-refractivity contribution in [3.8, 4) is 11.1 Å². The monoisotopic (exact) mass is 376 g/mol. The number of nitrogens with one attached hydrogen (secondary N) is 1. The highest BCUT2D eigenvalue weighted by molar-refractivity contribution is 5.95. The summed E-state index contributed by atoms with van der Waals surface area (Å²) < 4.78 is 1.79. The van der Waals surface area contributed by atoms with Gasteiger partial charge in [-0.3, -0.25) is 14.5 Å². The van der Waals surface area contributed by atoms with Crippen molar-refractivity contribution in [2.24, 2.45) is 7.05 Å². The van der Waals surface area contributed by atoms with Gasteiger partial charge in [0.2, 0.25) is 0 Å². The molecular formula is C21H24N6O. The van der Waals surface area contributed by atoms with E-state index in [4.69, 9.17) is 0 Å². The van der Waals surface area contributed by atoms with Gasteiger partial charge in [0.25, 0.3) is 5.91 Å². The Morgan fingerprint density at radius 1 is 1.29 bits per heavy atom. The van der Waals surface area contributed by atoms with E-state index >= 15 is 0 Å². The summed E-state index contributed by atoms with van der Waals surface area (Å²) >= 11 is 0. The maximum Gasteiger partial charge on any atom is 0.251 e. The van der Waals surface area contributed by atoms with Crippen LogP contribution in [0, 0.1) is 6.92 Å². The van der Waals surface area contributed by atoms with Crippen molar-refractivity contribution in [2.45, 2.75) is 25.8 Å². The van der Waals surface area contributed by atoms with Crippen molar-refractivity contribution >= 4 is 11.7 Å². The second-order valence-corrected chi connectivity index (χ2v) is 7.20. The van der Waals surface area contributed by atoms with Crippen molar-refractivity contribution in [3.63, 3.8) is 0 Å². The Labute approximate surface area is 164 Å². The molecule has 1 fully saturated rings. The van der Waals surface area contributed by atoms with E-state index in [9.17, 15) is 4.79 Å². The van der Waals surface area contributed by atoms with Gasteiger partial charge in [0.05, 0.1) is 11.9 Å². The van der Waals surface area contributed by atoms with Crippen molar-refractivity contribution in [3.05, 3.63) is 60.3 Å². The van der Waals surface area contributed by atoms with Gasteiger partial charge in [0.1, 0.15) is 5.82 Å². The number of anilines is 1. The number of hydrogen-bond acceptors (Lipinski definition) is 5. The number of amides is 1. The zero-order valence-corrected chi connectivity index (χ0v) is 16.2. The van der Waals surface area contributed by atoms with Crippen LogP contribution in [0.3, 0.4) is 0 Å². The molecule has 144 valence electrons. The van der Waals surface area contributed by atoms with E-state index in [0.29, 0.717) is 5.56 Å². The lowest BCUT2D eigenvalue weighted by atomic mass is 10.0. The normalized spacial score (nSPS) is 16.8. The predicted molar refractivity (Wildman–Crippen MR) is 108 cm³/mol. The van der Waals surface area contributed by atoms with Crippen molar-refractivity contribution in [1.82, 2.24) is 25.1 Å². The fourth-order valence-corrected chi connectivity index (χ4v) is 3.74. The van der Waals surface area contributed by atoms with Crippen molar-refractivity contribution < 1.29 is 4.79 Å². The van der Waals surface area contributed by atoms with Crippen molar-refractivity contribution in [1.29, 1.82) is 0 Å². The highest BCUT2D eigenvalue weighted by Crippen LogP contribution is 2.23. The van der Waals surface area contributed by atoms with E-state index in [-0.39, 0.29) is 11.9 Å². The Hall–Kier alpha value is -3.22. The van der Waals surface area contributed by atoms with Crippen LogP contribution in [0.25, 0.3) is 11.1 Å². The van der Waals surface area contributed by atoms with Crippen LogP contribution in [-0.2, 0) is 7.05 Å². The first-order valence-corrected chi connectivity index (χ1v) is 9.52. The van der Waals surface area contributed by atoms with Gasteiger partial charge in [-0.2, -0.15) is 5.10 Å². The smallest absolute Gasteiger partial charge is 0.251 e. The average Bonchev–Trinajstić information content (AvgIpc) is 3.07. The summed E-state index contributed by atoms with van der Waals surface area (Å²) in [4.78, 5) is 23.5. The topological polar surface area (TPSA) is 75.9 Å². The lowest BCUT2D eigenvalue weighted by Crippen LogP contribution is -2.48. The number of hydrogen-bond donors (Lipinski definition) is 1. The number of benzene rings is 1. The first kappa shape index (κ1) is 18.2. The number of nitrogens with zero attached hydrogens (tertiary/aromatic N) is 5. The summed E-state index contributed by atoms with van der Waals surface area (Å²) in [7, 11) is 1.90. The van der Waals surface area contributed by atoms with Crippen LogP contribution in [-0.4, -0.2) is 44.8 Å². The molecular weight excluding hydrogens is 352 g/mol. The van der Waals surface area contributed by atoms with Gasteiger partial charge in [-0.25, -0.2) is 4.98 Å². The molecule has 0 aliphatic carbocycles. The molecule has 3 aromatic rings. The molecule has 0 saturated carbocycles. The average molecular weight is 376 g/mol. The zero-order chi connectivity index (χ0) is 19.5. The molecule has 1 aromatic carbocycles. The molecule has 0 radical (unpaired) electrons. The number of rotatable bonds is 4. The molecule has 0 spiro atoms. The first-order chi connectivity index (χ1) is 13.6. The van der Waals surface area contributed by atoms with E-state index in [2.05, 4.69) is 25.3 Å². The van der Waals surface area contributed by atoms with Crippen LogP contribution in [0.1, 0.15) is 28.9 Å². The van der Waals surface area contributed by atoms with Crippen LogP contribution in [0.15, 0.2) is 49.1 Å². The highest BCUT2D eigenvalue weighted by atomic mass is 16.1. The fourth-order valence-electron chi connectivity index (χ4n) is 3.74. The predicted octanol–water partition coefficient (Wildman–Crippen LogP) is 2.58. The third kappa shape index (κ3) is 3.88. The van der Waals surface area contributed by atoms with E-state index in [1.807, 2.05) is 44.4 Å². The van der Waals surface area contributed by atoms with E-state index in [0.717, 1.165) is 48.6 Å². The largest absolute Gasteiger partial charge is 0.353 e. The third-order valence-electron chi connectivity index (χ3n) is 5.08. The number of piperidine rings is 1. The minimum atomic E-state index is -0.0469. The lowest BCUT2D eigenvalue weighted by Gasteiger charge is -2.33. The Bertz CT molecular complexity index is 968. The Morgan fingerprint density at radius 3 is 2.93 bits per heavy atom. The molecule has 1 atom stereocenters. The van der Waals surface area contributed by atoms with Crippen LogP contribution in [0.4, 0.5) is 5.82 Å². The molecule has 1 aliphatic rings. The lowest BCUT2D eigenvalue weighted by molar-refractivity contribution is 0.0933. The summed E-state index contributed by atoms with van der Waals surface area (Å²) in [5.74, 6) is 0.810. The quantitative estimate of drug-likeness (QED) is 0.757. The minimum Gasteiger partial charge on any atom is -0.353 e. The molecule has 1 amide bonds. The van der Waals surface area contributed by atoms with Gasteiger partial charge < -0.3 is 10.2 Å². The van der Waals surface area contributed by atoms with Gasteiger partial charge >= 0.3 is 0 Å². The molecule has 2 aromatic heterocycles. The Balaban J connectivity index is 1.46. The molecule has 3 heterocycles. The Morgan fingerprint density at radius 2 is 2.18 bits per heavy atom. The molecule has 7 nitrogen and oxygen atoms in total. The molecule has 1 saturated heterocycles. The van der Waals surface area contributed by atoms with E-state index < -0.39 is 0 Å². The molecule has 4 rings (SSSR count). The molecule has 7 heteroatoms. The summed E-state index contributed by atoms with van der Waals surface area (Å²) in [6.45, 7) is 3.65. The maximum atomic E-state index is 12.9. The summed E-state index contributed by atoms with van der Waals surface area (Å²) in [5, 5.41) is 7.58. The summed E-state index contributed by atoms with van der Waals surface area (Å²) in [5.41, 5.74) is 3.66. The second-order valence-electron chi connectivity index (χ2n) is 7.20. The fraction of sp³-hybridized carbons (Fsp3) is 0.333. The summed E-state index contributed by atoms with van der Waals surface area (Å²) in [6.07, 6.45) is 9.09. The Kier molecular flexibility index (Phi) is 5.06. The molecule has 0 bridgehead atoms. The molecule has 1 aliphatic heterocycles. The van der Waals surface area contributed by atoms with Gasteiger partial charge in [-0.05, 0) is 37.5 Å². The van der Waals surface area contributed by atoms with Gasteiger partial charge in [-0.15, -0.1) is 0 Å². The van der Waals surface area contributed by atoms with Gasteiger partial charge in [-0.1, -0.05) is 12.1 Å². The van der Waals surface area contributed by atoms with E-state index in [1.165, 1.54) is 0 Å². The summed E-state index contributed by atoms with van der Waals surface area (Å²) in [6, 6.07) is 7.81. The van der Waals surface area contributed by atoms with Crippen LogP contribution in [0.5, 0.6) is 0 Å². The minimum absolute atomic E-state index is 0.0469. The third-order valence-corrected chi connectivity index (χ3v) is 5.08. The maximum absolute atomic E-state index is 12.9. The van der Waals surface area contributed by atoms with Crippen molar-refractivity contribution in [2.75, 3.05) is 18.0 Å². The van der Waals surface area contributed by atoms with Gasteiger partial charge in [0, 0.05) is 55.9 Å². The SMILES string of the molecule is Cc1nn(C)cc1-c1cccc(C(=O)NC2CCCN(c3cnccn3)C2)c1. The number of carbonyl (C=O) groups excluding carboxylic acids is 1. The number of carbonyl (C=O) groups is 1. The highest BCUT2D eigenvalue weighted by Gasteiger charge is 2.23. The second kappa shape index (κ2) is 7.80. The van der Waals surface area contributed by atoms with Crippen LogP contribution < -0.4 is 10.2 Å². The molecule has 1 unspecified atom stereocenters. The van der Waals surface area contributed by atoms with Gasteiger partial charge in [0.15, 0.2) is 0 Å². The standard InChI is InChI=1S/C21H24N6O/c1-15-19(14-26(2)25-15)16-5-3-6-17(11-16)21(28)24-18-7-4-10-27(13-18)20-12-22-8-9-23-20/h3,5-6,8-9,11-12,14,18H,4,7,10,13H2,1-2H3,(H,24,28). The van der Waals surface area contributed by atoms with Crippen LogP contribution >= 0.6 is 0 Å². The van der Waals surface area contributed by atoms with Crippen LogP contribution in [0.2, 0.25) is 0 Å². The zero-order valence-electron chi connectivity index (χ0n) is 16.2. The first-order valence-electron chi connectivity index (χ1n) is 9.52. The molecule has 28 heavy (non-hydrogen) atoms.